The second-order valence-electron chi connectivity index (χ2n) is 7.99. The van der Waals surface area contributed by atoms with Crippen LogP contribution in [-0.2, 0) is 0 Å². The third-order valence-corrected chi connectivity index (χ3v) is 6.58. The van der Waals surface area contributed by atoms with Crippen LogP contribution in [-0.4, -0.2) is 12.1 Å². The van der Waals surface area contributed by atoms with Gasteiger partial charge in [0.05, 0.1) is 6.07 Å². The Bertz CT molecular complexity index is 353. The van der Waals surface area contributed by atoms with E-state index >= 15 is 0 Å². The number of nitrogens with zero attached hydrogens (tertiary/aromatic N) is 1. The zero-order chi connectivity index (χ0) is 12.9. The van der Waals surface area contributed by atoms with Gasteiger partial charge in [0.15, 0.2) is 0 Å². The second kappa shape index (κ2) is 4.48. The normalized spacial score (nSPS) is 46.4. The van der Waals surface area contributed by atoms with Gasteiger partial charge in [-0.3, -0.25) is 5.32 Å². The van der Waals surface area contributed by atoms with Crippen molar-refractivity contribution in [2.24, 2.45) is 23.2 Å². The van der Waals surface area contributed by atoms with Crippen LogP contribution in [0.2, 0.25) is 0 Å². The SMILES string of the molecule is N#CC(NC1CCCC1)C12CC3CC(CC(C3)C1)C2. The fourth-order valence-electron chi connectivity index (χ4n) is 6.21. The Morgan fingerprint density at radius 2 is 1.47 bits per heavy atom. The molecule has 2 heteroatoms. The Balaban J connectivity index is 1.54. The first-order valence-corrected chi connectivity index (χ1v) is 8.43. The zero-order valence-electron chi connectivity index (χ0n) is 11.9. The summed E-state index contributed by atoms with van der Waals surface area (Å²) in [5, 5.41) is 13.5. The van der Waals surface area contributed by atoms with E-state index in [1.54, 1.807) is 0 Å². The zero-order valence-corrected chi connectivity index (χ0v) is 11.9. The highest BCUT2D eigenvalue weighted by Gasteiger charge is 2.54. The molecule has 0 spiro atoms. The number of nitrogens with one attached hydrogen (secondary N) is 1. The van der Waals surface area contributed by atoms with Crippen molar-refractivity contribution in [2.75, 3.05) is 0 Å². The van der Waals surface area contributed by atoms with Crippen molar-refractivity contribution in [3.8, 4) is 6.07 Å². The van der Waals surface area contributed by atoms with Crippen LogP contribution in [0.3, 0.4) is 0 Å². The molecule has 0 heterocycles. The molecular formula is C17H26N2. The lowest BCUT2D eigenvalue weighted by atomic mass is 9.48. The van der Waals surface area contributed by atoms with E-state index in [2.05, 4.69) is 11.4 Å². The van der Waals surface area contributed by atoms with Crippen molar-refractivity contribution in [1.29, 1.82) is 5.26 Å². The standard InChI is InChI=1S/C17H26N2/c18-11-16(19-15-3-1-2-4-15)17-8-12-5-13(9-17)7-14(6-12)10-17/h12-16,19H,1-10H2. The van der Waals surface area contributed by atoms with E-state index in [9.17, 15) is 5.26 Å². The van der Waals surface area contributed by atoms with E-state index in [0.717, 1.165) is 17.8 Å². The van der Waals surface area contributed by atoms with Crippen LogP contribution in [0, 0.1) is 34.5 Å². The fourth-order valence-corrected chi connectivity index (χ4v) is 6.21. The predicted molar refractivity (Wildman–Crippen MR) is 75.4 cm³/mol. The molecule has 0 saturated heterocycles. The maximum atomic E-state index is 9.73. The van der Waals surface area contributed by atoms with Crippen molar-refractivity contribution < 1.29 is 0 Å². The molecule has 19 heavy (non-hydrogen) atoms. The molecule has 5 rings (SSSR count). The quantitative estimate of drug-likeness (QED) is 0.839. The van der Waals surface area contributed by atoms with Gasteiger partial charge in [-0.25, -0.2) is 0 Å². The Labute approximate surface area is 116 Å². The van der Waals surface area contributed by atoms with Gasteiger partial charge >= 0.3 is 0 Å². The van der Waals surface area contributed by atoms with E-state index < -0.39 is 0 Å². The van der Waals surface area contributed by atoms with E-state index in [1.165, 1.54) is 64.2 Å². The third-order valence-electron chi connectivity index (χ3n) is 6.58. The van der Waals surface area contributed by atoms with Gasteiger partial charge in [0.2, 0.25) is 0 Å². The molecule has 5 fully saturated rings. The summed E-state index contributed by atoms with van der Waals surface area (Å²) < 4.78 is 0. The molecular weight excluding hydrogens is 232 g/mol. The molecule has 2 nitrogen and oxygen atoms in total. The van der Waals surface area contributed by atoms with E-state index in [0.29, 0.717) is 11.5 Å². The van der Waals surface area contributed by atoms with Crippen molar-refractivity contribution in [3.05, 3.63) is 0 Å². The minimum Gasteiger partial charge on any atom is -0.299 e. The highest BCUT2D eigenvalue weighted by Crippen LogP contribution is 2.61. The first-order valence-electron chi connectivity index (χ1n) is 8.43. The summed E-state index contributed by atoms with van der Waals surface area (Å²) in [6.45, 7) is 0. The van der Waals surface area contributed by atoms with E-state index in [1.807, 2.05) is 0 Å². The molecule has 0 aromatic carbocycles. The molecule has 1 atom stereocenters. The molecule has 0 aromatic heterocycles. The maximum Gasteiger partial charge on any atom is 0.101 e. The lowest BCUT2D eigenvalue weighted by molar-refractivity contribution is -0.0651. The summed E-state index contributed by atoms with van der Waals surface area (Å²) in [5.74, 6) is 2.85. The molecule has 5 saturated carbocycles. The summed E-state index contributed by atoms with van der Waals surface area (Å²) in [7, 11) is 0. The van der Waals surface area contributed by atoms with Crippen molar-refractivity contribution >= 4 is 0 Å². The molecule has 0 amide bonds. The first kappa shape index (κ1) is 12.2. The van der Waals surface area contributed by atoms with Gasteiger partial charge in [-0.05, 0) is 74.5 Å². The number of hydrogen-bond acceptors (Lipinski definition) is 2. The number of nitriles is 1. The van der Waals surface area contributed by atoms with Crippen LogP contribution in [0.4, 0.5) is 0 Å². The van der Waals surface area contributed by atoms with Crippen LogP contribution in [0.5, 0.6) is 0 Å². The molecule has 1 unspecified atom stereocenters. The van der Waals surface area contributed by atoms with Crippen LogP contribution < -0.4 is 5.32 Å². The Morgan fingerprint density at radius 3 is 1.95 bits per heavy atom. The van der Waals surface area contributed by atoms with Gasteiger partial charge in [-0.1, -0.05) is 12.8 Å². The van der Waals surface area contributed by atoms with Gasteiger partial charge in [-0.2, -0.15) is 5.26 Å². The molecule has 0 radical (unpaired) electrons. The maximum absolute atomic E-state index is 9.73. The van der Waals surface area contributed by atoms with Crippen LogP contribution in [0.15, 0.2) is 0 Å². The molecule has 0 aliphatic heterocycles. The minimum absolute atomic E-state index is 0.143. The topological polar surface area (TPSA) is 35.8 Å². The van der Waals surface area contributed by atoms with Crippen molar-refractivity contribution in [2.45, 2.75) is 76.3 Å². The summed E-state index contributed by atoms with van der Waals surface area (Å²) in [6, 6.07) is 3.45. The van der Waals surface area contributed by atoms with Gasteiger partial charge < -0.3 is 0 Å². The lowest BCUT2D eigenvalue weighted by Crippen LogP contribution is -2.56. The average molecular weight is 258 g/mol. The second-order valence-corrected chi connectivity index (χ2v) is 7.99. The summed E-state index contributed by atoms with van der Waals surface area (Å²) in [6.07, 6.45) is 13.8. The average Bonchev–Trinajstić information content (AvgIpc) is 2.87. The fraction of sp³-hybridized carbons (Fsp3) is 0.941. The minimum atomic E-state index is 0.143. The first-order chi connectivity index (χ1) is 9.27. The van der Waals surface area contributed by atoms with E-state index in [-0.39, 0.29) is 6.04 Å². The van der Waals surface area contributed by atoms with Crippen LogP contribution in [0.1, 0.15) is 64.2 Å². The summed E-state index contributed by atoms with van der Waals surface area (Å²) >= 11 is 0. The smallest absolute Gasteiger partial charge is 0.101 e. The predicted octanol–water partition coefficient (Wildman–Crippen LogP) is 3.63. The summed E-state index contributed by atoms with van der Waals surface area (Å²) in [4.78, 5) is 0. The van der Waals surface area contributed by atoms with Gasteiger partial charge in [0, 0.05) is 6.04 Å². The van der Waals surface area contributed by atoms with Crippen molar-refractivity contribution in [1.82, 2.24) is 5.32 Å². The monoisotopic (exact) mass is 258 g/mol. The molecule has 5 aliphatic rings. The largest absolute Gasteiger partial charge is 0.299 e. The highest BCUT2D eigenvalue weighted by atomic mass is 15.0. The molecule has 1 N–H and O–H groups in total. The van der Waals surface area contributed by atoms with Crippen LogP contribution >= 0.6 is 0 Å². The van der Waals surface area contributed by atoms with Gasteiger partial charge in [0.25, 0.3) is 0 Å². The summed E-state index contributed by atoms with van der Waals surface area (Å²) in [5.41, 5.74) is 0.353. The van der Waals surface area contributed by atoms with Crippen LogP contribution in [0.25, 0.3) is 0 Å². The molecule has 104 valence electrons. The highest BCUT2D eigenvalue weighted by molar-refractivity contribution is 5.12. The van der Waals surface area contributed by atoms with Gasteiger partial charge in [-0.15, -0.1) is 0 Å². The molecule has 0 aromatic rings. The molecule has 4 bridgehead atoms. The van der Waals surface area contributed by atoms with E-state index in [4.69, 9.17) is 0 Å². The number of rotatable bonds is 3. The Hall–Kier alpha value is -0.550. The third kappa shape index (κ3) is 2.02. The number of hydrogen-bond donors (Lipinski definition) is 1. The Morgan fingerprint density at radius 1 is 0.947 bits per heavy atom. The van der Waals surface area contributed by atoms with Crippen molar-refractivity contribution in [3.63, 3.8) is 0 Å². The molecule has 5 aliphatic carbocycles. The van der Waals surface area contributed by atoms with Gasteiger partial charge in [0.1, 0.15) is 6.04 Å². The Kier molecular flexibility index (Phi) is 2.88. The lowest BCUT2D eigenvalue weighted by Gasteiger charge is -2.58.